The highest BCUT2D eigenvalue weighted by Gasteiger charge is 2.46. The van der Waals surface area contributed by atoms with Gasteiger partial charge in [0.1, 0.15) is 0 Å². The van der Waals surface area contributed by atoms with E-state index in [4.69, 9.17) is 5.73 Å². The zero-order valence-electron chi connectivity index (χ0n) is 10.9. The maximum absolute atomic E-state index is 6.37. The Balaban J connectivity index is 2.61. The second-order valence-corrected chi connectivity index (χ2v) is 6.20. The minimum Gasteiger partial charge on any atom is -0.359 e. The molecule has 1 aliphatic heterocycles. The number of fused-ring (bicyclic) bond motifs is 1. The molecule has 1 aromatic carbocycles. The summed E-state index contributed by atoms with van der Waals surface area (Å²) in [7, 11) is 0. The molecule has 0 fully saturated rings. The Bertz CT molecular complexity index is 401. The normalized spacial score (nSPS) is 23.4. The third-order valence-corrected chi connectivity index (χ3v) is 3.52. The average Bonchev–Trinajstić information content (AvgIpc) is 2.34. The Labute approximate surface area is 98.4 Å². The third kappa shape index (κ3) is 1.44. The minimum absolute atomic E-state index is 0.0259. The maximum atomic E-state index is 6.37. The Hall–Kier alpha value is -1.02. The Morgan fingerprint density at radius 2 is 1.75 bits per heavy atom. The second-order valence-electron chi connectivity index (χ2n) is 6.20. The second kappa shape index (κ2) is 3.24. The molecule has 0 saturated carbocycles. The van der Waals surface area contributed by atoms with Gasteiger partial charge >= 0.3 is 0 Å². The Morgan fingerprint density at radius 1 is 1.19 bits per heavy atom. The fourth-order valence-electron chi connectivity index (χ4n) is 3.01. The molecule has 2 N–H and O–H groups in total. The largest absolute Gasteiger partial charge is 0.359 e. The van der Waals surface area contributed by atoms with Crippen LogP contribution in [0.15, 0.2) is 24.3 Å². The highest BCUT2D eigenvalue weighted by atomic mass is 15.3. The summed E-state index contributed by atoms with van der Waals surface area (Å²) >= 11 is 0. The van der Waals surface area contributed by atoms with Crippen molar-refractivity contribution in [3.63, 3.8) is 0 Å². The first-order valence-electron chi connectivity index (χ1n) is 5.91. The van der Waals surface area contributed by atoms with Crippen LogP contribution in [-0.2, 0) is 0 Å². The van der Waals surface area contributed by atoms with E-state index in [1.807, 2.05) is 0 Å². The predicted molar refractivity (Wildman–Crippen MR) is 69.7 cm³/mol. The van der Waals surface area contributed by atoms with Crippen molar-refractivity contribution in [3.05, 3.63) is 29.8 Å². The van der Waals surface area contributed by atoms with Crippen LogP contribution in [0.5, 0.6) is 0 Å². The first-order chi connectivity index (χ1) is 7.26. The van der Waals surface area contributed by atoms with Gasteiger partial charge in [-0.3, -0.25) is 0 Å². The molecule has 1 aromatic rings. The zero-order valence-corrected chi connectivity index (χ0v) is 10.9. The molecule has 0 aliphatic carbocycles. The van der Waals surface area contributed by atoms with E-state index in [2.05, 4.69) is 63.8 Å². The molecule has 0 amide bonds. The van der Waals surface area contributed by atoms with Crippen molar-refractivity contribution in [1.29, 1.82) is 0 Å². The van der Waals surface area contributed by atoms with E-state index in [0.29, 0.717) is 0 Å². The molecule has 0 spiro atoms. The number of hydrogen-bond donors (Lipinski definition) is 1. The summed E-state index contributed by atoms with van der Waals surface area (Å²) in [5.41, 5.74) is 8.99. The summed E-state index contributed by atoms with van der Waals surface area (Å²) in [5.74, 6) is 0. The van der Waals surface area contributed by atoms with Crippen molar-refractivity contribution in [2.75, 3.05) is 4.90 Å². The van der Waals surface area contributed by atoms with Gasteiger partial charge in [-0.1, -0.05) is 18.2 Å². The standard InChI is InChI=1S/C14H22N2/c1-13(2,3)16-11-9-7-6-8-10(11)12(15)14(16,4)5/h6-9,12H,15H2,1-5H3. The first kappa shape index (κ1) is 11.5. The zero-order chi connectivity index (χ0) is 12.1. The highest BCUT2D eigenvalue weighted by Crippen LogP contribution is 2.47. The monoisotopic (exact) mass is 218 g/mol. The van der Waals surface area contributed by atoms with Crippen LogP contribution in [0.25, 0.3) is 0 Å². The van der Waals surface area contributed by atoms with Crippen LogP contribution in [-0.4, -0.2) is 11.1 Å². The summed E-state index contributed by atoms with van der Waals surface area (Å²) in [5, 5.41) is 0. The van der Waals surface area contributed by atoms with Crippen LogP contribution < -0.4 is 10.6 Å². The molecule has 1 aliphatic rings. The smallest absolute Gasteiger partial charge is 0.0546 e. The molecular weight excluding hydrogens is 196 g/mol. The van der Waals surface area contributed by atoms with Crippen LogP contribution in [0.3, 0.4) is 0 Å². The van der Waals surface area contributed by atoms with Crippen LogP contribution in [0.4, 0.5) is 5.69 Å². The minimum atomic E-state index is -0.0259. The van der Waals surface area contributed by atoms with E-state index in [1.165, 1.54) is 11.3 Å². The van der Waals surface area contributed by atoms with Crippen molar-refractivity contribution in [2.45, 2.75) is 51.7 Å². The van der Waals surface area contributed by atoms with Crippen molar-refractivity contribution >= 4 is 5.69 Å². The van der Waals surface area contributed by atoms with Gasteiger partial charge in [0, 0.05) is 11.2 Å². The van der Waals surface area contributed by atoms with Gasteiger partial charge in [0.25, 0.3) is 0 Å². The number of nitrogens with two attached hydrogens (primary N) is 1. The lowest BCUT2D eigenvalue weighted by Gasteiger charge is -2.46. The number of rotatable bonds is 0. The van der Waals surface area contributed by atoms with Crippen molar-refractivity contribution in [1.82, 2.24) is 0 Å². The fourth-order valence-corrected chi connectivity index (χ4v) is 3.01. The SMILES string of the molecule is CC(C)(C)N1c2ccccc2C(N)C1(C)C. The summed E-state index contributed by atoms with van der Waals surface area (Å²) in [4.78, 5) is 2.44. The lowest BCUT2D eigenvalue weighted by molar-refractivity contribution is 0.336. The lowest BCUT2D eigenvalue weighted by atomic mass is 9.91. The van der Waals surface area contributed by atoms with Crippen LogP contribution in [0.1, 0.15) is 46.2 Å². The summed E-state index contributed by atoms with van der Waals surface area (Å²) in [6, 6.07) is 8.57. The van der Waals surface area contributed by atoms with Gasteiger partial charge in [0.2, 0.25) is 0 Å². The lowest BCUT2D eigenvalue weighted by Crippen LogP contribution is -2.55. The van der Waals surface area contributed by atoms with Crippen LogP contribution >= 0.6 is 0 Å². The van der Waals surface area contributed by atoms with Gasteiger partial charge in [-0.2, -0.15) is 0 Å². The molecule has 2 nitrogen and oxygen atoms in total. The third-order valence-electron chi connectivity index (χ3n) is 3.52. The number of para-hydroxylation sites is 1. The fraction of sp³-hybridized carbons (Fsp3) is 0.571. The Kier molecular flexibility index (Phi) is 2.32. The molecule has 0 bridgehead atoms. The molecule has 2 heteroatoms. The molecule has 0 aromatic heterocycles. The van der Waals surface area contributed by atoms with Gasteiger partial charge < -0.3 is 10.6 Å². The predicted octanol–water partition coefficient (Wildman–Crippen LogP) is 3.08. The van der Waals surface area contributed by atoms with Crippen LogP contribution in [0, 0.1) is 0 Å². The molecule has 16 heavy (non-hydrogen) atoms. The van der Waals surface area contributed by atoms with Crippen molar-refractivity contribution in [2.24, 2.45) is 5.73 Å². The molecule has 1 unspecified atom stereocenters. The number of hydrogen-bond acceptors (Lipinski definition) is 2. The van der Waals surface area contributed by atoms with E-state index in [-0.39, 0.29) is 17.1 Å². The number of anilines is 1. The first-order valence-corrected chi connectivity index (χ1v) is 5.91. The molecule has 2 rings (SSSR count). The van der Waals surface area contributed by atoms with E-state index in [0.717, 1.165) is 0 Å². The maximum Gasteiger partial charge on any atom is 0.0546 e. The van der Waals surface area contributed by atoms with Crippen molar-refractivity contribution in [3.8, 4) is 0 Å². The van der Waals surface area contributed by atoms with E-state index in [1.54, 1.807) is 0 Å². The highest BCUT2D eigenvalue weighted by molar-refractivity contribution is 5.65. The molecule has 1 atom stereocenters. The summed E-state index contributed by atoms with van der Waals surface area (Å²) < 4.78 is 0. The topological polar surface area (TPSA) is 29.3 Å². The molecule has 1 heterocycles. The van der Waals surface area contributed by atoms with Crippen molar-refractivity contribution < 1.29 is 0 Å². The number of benzene rings is 1. The van der Waals surface area contributed by atoms with Gasteiger partial charge in [-0.05, 0) is 46.2 Å². The van der Waals surface area contributed by atoms with E-state index >= 15 is 0 Å². The van der Waals surface area contributed by atoms with Gasteiger partial charge in [0.05, 0.1) is 11.6 Å². The average molecular weight is 218 g/mol. The number of nitrogens with zero attached hydrogens (tertiary/aromatic N) is 1. The molecule has 0 radical (unpaired) electrons. The van der Waals surface area contributed by atoms with Gasteiger partial charge in [-0.25, -0.2) is 0 Å². The van der Waals surface area contributed by atoms with E-state index in [9.17, 15) is 0 Å². The molecular formula is C14H22N2. The van der Waals surface area contributed by atoms with Gasteiger partial charge in [-0.15, -0.1) is 0 Å². The summed E-state index contributed by atoms with van der Waals surface area (Å²) in [6.07, 6.45) is 0. The van der Waals surface area contributed by atoms with E-state index < -0.39 is 0 Å². The molecule has 0 saturated heterocycles. The summed E-state index contributed by atoms with van der Waals surface area (Å²) in [6.45, 7) is 11.2. The molecule has 88 valence electrons. The Morgan fingerprint density at radius 3 is 2.31 bits per heavy atom. The van der Waals surface area contributed by atoms with Crippen LogP contribution in [0.2, 0.25) is 0 Å². The quantitative estimate of drug-likeness (QED) is 0.725. The van der Waals surface area contributed by atoms with Gasteiger partial charge in [0.15, 0.2) is 0 Å².